The van der Waals surface area contributed by atoms with Gasteiger partial charge in [-0.2, -0.15) is 5.10 Å². The summed E-state index contributed by atoms with van der Waals surface area (Å²) in [7, 11) is 1.71. The van der Waals surface area contributed by atoms with E-state index in [1.54, 1.807) is 7.11 Å². The fourth-order valence-electron chi connectivity index (χ4n) is 2.47. The minimum atomic E-state index is 0.595. The van der Waals surface area contributed by atoms with E-state index in [4.69, 9.17) is 4.74 Å². The summed E-state index contributed by atoms with van der Waals surface area (Å²) in [4.78, 5) is 0. The van der Waals surface area contributed by atoms with Gasteiger partial charge in [0.1, 0.15) is 5.75 Å². The molecule has 0 unspecified atom stereocenters. The topological polar surface area (TPSA) is 39.1 Å². The van der Waals surface area contributed by atoms with Crippen LogP contribution in [-0.4, -0.2) is 16.9 Å². The normalized spacial score (nSPS) is 10.9. The third-order valence-electron chi connectivity index (χ3n) is 3.48. The van der Waals surface area contributed by atoms with Crippen molar-refractivity contribution in [1.29, 1.82) is 0 Å². The number of nitrogens with one attached hydrogen (secondary N) is 1. The van der Waals surface area contributed by atoms with Crippen LogP contribution in [0.15, 0.2) is 30.5 Å². The summed E-state index contributed by atoms with van der Waals surface area (Å²) in [6.45, 7) is 8.29. The Morgan fingerprint density at radius 1 is 1.29 bits per heavy atom. The highest BCUT2D eigenvalue weighted by atomic mass is 16.5. The number of anilines is 1. The molecule has 1 heterocycles. The van der Waals surface area contributed by atoms with E-state index in [1.807, 2.05) is 24.4 Å². The second-order valence-corrected chi connectivity index (χ2v) is 5.60. The van der Waals surface area contributed by atoms with E-state index in [2.05, 4.69) is 41.9 Å². The molecule has 0 aliphatic rings. The molecule has 1 aromatic carbocycles. The van der Waals surface area contributed by atoms with Crippen LogP contribution in [0.2, 0.25) is 0 Å². The van der Waals surface area contributed by atoms with Gasteiger partial charge < -0.3 is 10.1 Å². The third kappa shape index (κ3) is 3.78. The molecule has 1 aromatic heterocycles. The third-order valence-corrected chi connectivity index (χ3v) is 3.48. The van der Waals surface area contributed by atoms with Crippen LogP contribution in [0, 0.1) is 5.92 Å². The van der Waals surface area contributed by atoms with Crippen molar-refractivity contribution in [1.82, 2.24) is 9.78 Å². The minimum Gasteiger partial charge on any atom is -0.496 e. The lowest BCUT2D eigenvalue weighted by Gasteiger charge is -2.12. The summed E-state index contributed by atoms with van der Waals surface area (Å²) in [6.07, 6.45) is 2.90. The first-order valence-corrected chi connectivity index (χ1v) is 7.56. The molecule has 4 nitrogen and oxygen atoms in total. The molecule has 0 amide bonds. The zero-order valence-electron chi connectivity index (χ0n) is 13.4. The largest absolute Gasteiger partial charge is 0.496 e. The Bertz CT molecular complexity index is 575. The number of para-hydroxylation sites is 1. The Balaban J connectivity index is 2.11. The average molecular weight is 287 g/mol. The summed E-state index contributed by atoms with van der Waals surface area (Å²) >= 11 is 0. The van der Waals surface area contributed by atoms with Crippen LogP contribution in [0.4, 0.5) is 5.69 Å². The first-order chi connectivity index (χ1) is 10.2. The standard InChI is InChI=1S/C17H25N3O/c1-5-16-15(11-19-20(16)12-13(2)3)18-10-14-8-6-7-9-17(14)21-4/h6-9,11,13,18H,5,10,12H2,1-4H3. The van der Waals surface area contributed by atoms with Gasteiger partial charge in [-0.25, -0.2) is 0 Å². The van der Waals surface area contributed by atoms with Crippen molar-refractivity contribution >= 4 is 5.69 Å². The van der Waals surface area contributed by atoms with Gasteiger partial charge in [0.15, 0.2) is 0 Å². The molecule has 2 rings (SSSR count). The number of methoxy groups -OCH3 is 1. The van der Waals surface area contributed by atoms with E-state index in [9.17, 15) is 0 Å². The lowest BCUT2D eigenvalue weighted by Crippen LogP contribution is -2.10. The van der Waals surface area contributed by atoms with E-state index in [1.165, 1.54) is 5.69 Å². The second kappa shape index (κ2) is 7.16. The maximum absolute atomic E-state index is 5.39. The first kappa shape index (κ1) is 15.4. The van der Waals surface area contributed by atoms with Crippen LogP contribution in [0.3, 0.4) is 0 Å². The average Bonchev–Trinajstić information content (AvgIpc) is 2.86. The van der Waals surface area contributed by atoms with Gasteiger partial charge in [-0.15, -0.1) is 0 Å². The highest BCUT2D eigenvalue weighted by Gasteiger charge is 2.10. The van der Waals surface area contributed by atoms with Gasteiger partial charge in [0, 0.05) is 18.7 Å². The second-order valence-electron chi connectivity index (χ2n) is 5.60. The SMILES string of the molecule is CCc1c(NCc2ccccc2OC)cnn1CC(C)C. The molecule has 1 N–H and O–H groups in total. The molecule has 0 bridgehead atoms. The lowest BCUT2D eigenvalue weighted by atomic mass is 10.2. The molecular weight excluding hydrogens is 262 g/mol. The first-order valence-electron chi connectivity index (χ1n) is 7.56. The monoisotopic (exact) mass is 287 g/mol. The summed E-state index contributed by atoms with van der Waals surface area (Å²) in [5.74, 6) is 1.51. The molecule has 0 aliphatic carbocycles. The van der Waals surface area contributed by atoms with Crippen LogP contribution < -0.4 is 10.1 Å². The van der Waals surface area contributed by atoms with Gasteiger partial charge in [0.25, 0.3) is 0 Å². The van der Waals surface area contributed by atoms with Gasteiger partial charge in [0.2, 0.25) is 0 Å². The van der Waals surface area contributed by atoms with Crippen molar-refractivity contribution in [3.8, 4) is 5.75 Å². The maximum Gasteiger partial charge on any atom is 0.123 e. The number of ether oxygens (including phenoxy) is 1. The molecule has 0 atom stereocenters. The van der Waals surface area contributed by atoms with E-state index >= 15 is 0 Å². The molecule has 0 saturated heterocycles. The molecule has 4 heteroatoms. The van der Waals surface area contributed by atoms with Crippen LogP contribution >= 0.6 is 0 Å². The predicted molar refractivity (Wildman–Crippen MR) is 86.8 cm³/mol. The van der Waals surface area contributed by atoms with E-state index in [-0.39, 0.29) is 0 Å². The zero-order valence-corrected chi connectivity index (χ0v) is 13.4. The lowest BCUT2D eigenvalue weighted by molar-refractivity contribution is 0.410. The molecule has 0 aliphatic heterocycles. The summed E-state index contributed by atoms with van der Waals surface area (Å²) in [5, 5.41) is 7.99. The molecule has 0 saturated carbocycles. The maximum atomic E-state index is 5.39. The Labute approximate surface area is 127 Å². The van der Waals surface area contributed by atoms with Crippen LogP contribution in [-0.2, 0) is 19.5 Å². The summed E-state index contributed by atoms with van der Waals surface area (Å²) in [6, 6.07) is 8.08. The minimum absolute atomic E-state index is 0.595. The molecule has 0 radical (unpaired) electrons. The highest BCUT2D eigenvalue weighted by molar-refractivity contribution is 5.48. The van der Waals surface area contributed by atoms with Gasteiger partial charge in [-0.3, -0.25) is 4.68 Å². The van der Waals surface area contributed by atoms with Gasteiger partial charge >= 0.3 is 0 Å². The number of aromatic nitrogens is 2. The van der Waals surface area contributed by atoms with Crippen molar-refractivity contribution in [2.75, 3.05) is 12.4 Å². The van der Waals surface area contributed by atoms with Gasteiger partial charge in [-0.1, -0.05) is 39.0 Å². The Morgan fingerprint density at radius 3 is 2.71 bits per heavy atom. The number of benzene rings is 1. The van der Waals surface area contributed by atoms with Crippen molar-refractivity contribution in [3.05, 3.63) is 41.7 Å². The number of hydrogen-bond donors (Lipinski definition) is 1. The number of nitrogens with zero attached hydrogens (tertiary/aromatic N) is 2. The molecular formula is C17H25N3O. The quantitative estimate of drug-likeness (QED) is 0.843. The molecule has 2 aromatic rings. The molecule has 21 heavy (non-hydrogen) atoms. The fraction of sp³-hybridized carbons (Fsp3) is 0.471. The Hall–Kier alpha value is -1.97. The molecule has 0 spiro atoms. The number of hydrogen-bond acceptors (Lipinski definition) is 3. The predicted octanol–water partition coefficient (Wildman–Crippen LogP) is 3.72. The smallest absolute Gasteiger partial charge is 0.123 e. The molecule has 114 valence electrons. The van der Waals surface area contributed by atoms with Crippen molar-refractivity contribution in [2.24, 2.45) is 5.92 Å². The molecule has 0 fully saturated rings. The van der Waals surface area contributed by atoms with Crippen molar-refractivity contribution in [2.45, 2.75) is 40.3 Å². The van der Waals surface area contributed by atoms with Crippen LogP contribution in [0.5, 0.6) is 5.75 Å². The highest BCUT2D eigenvalue weighted by Crippen LogP contribution is 2.21. The summed E-state index contributed by atoms with van der Waals surface area (Å²) < 4.78 is 7.49. The Morgan fingerprint density at radius 2 is 2.05 bits per heavy atom. The Kier molecular flexibility index (Phi) is 5.26. The van der Waals surface area contributed by atoms with Gasteiger partial charge in [0.05, 0.1) is 24.7 Å². The van der Waals surface area contributed by atoms with Crippen molar-refractivity contribution < 1.29 is 4.74 Å². The van der Waals surface area contributed by atoms with Crippen LogP contribution in [0.1, 0.15) is 32.0 Å². The number of rotatable bonds is 7. The van der Waals surface area contributed by atoms with Crippen LogP contribution in [0.25, 0.3) is 0 Å². The zero-order chi connectivity index (χ0) is 15.2. The van der Waals surface area contributed by atoms with E-state index in [0.29, 0.717) is 5.92 Å². The van der Waals surface area contributed by atoms with Gasteiger partial charge in [-0.05, 0) is 18.4 Å². The summed E-state index contributed by atoms with van der Waals surface area (Å²) in [5.41, 5.74) is 3.53. The van der Waals surface area contributed by atoms with E-state index < -0.39 is 0 Å². The fourth-order valence-corrected chi connectivity index (χ4v) is 2.47. The van der Waals surface area contributed by atoms with E-state index in [0.717, 1.165) is 36.5 Å². The van der Waals surface area contributed by atoms with Crippen molar-refractivity contribution in [3.63, 3.8) is 0 Å².